The molecule has 2 aromatic carbocycles. The molecule has 118 valence electrons. The van der Waals surface area contributed by atoms with E-state index in [1.807, 2.05) is 0 Å². The molecule has 6 heteroatoms. The maximum atomic E-state index is 12.9. The highest BCUT2D eigenvalue weighted by Gasteiger charge is 2.08. The Kier molecular flexibility index (Phi) is 4.34. The predicted molar refractivity (Wildman–Crippen MR) is 85.7 cm³/mol. The van der Waals surface area contributed by atoms with Crippen molar-refractivity contribution in [2.45, 2.75) is 6.61 Å². The highest BCUT2D eigenvalue weighted by Crippen LogP contribution is 2.24. The van der Waals surface area contributed by atoms with Crippen molar-refractivity contribution < 1.29 is 9.13 Å². The van der Waals surface area contributed by atoms with Crippen LogP contribution in [0.3, 0.4) is 0 Å². The molecule has 3 rings (SSSR count). The van der Waals surface area contributed by atoms with E-state index in [4.69, 9.17) is 4.74 Å². The lowest BCUT2D eigenvalue weighted by Gasteiger charge is -2.09. The van der Waals surface area contributed by atoms with E-state index >= 15 is 0 Å². The molecule has 0 unspecified atom stereocenters. The summed E-state index contributed by atoms with van der Waals surface area (Å²) in [6.07, 6.45) is 1.40. The van der Waals surface area contributed by atoms with Gasteiger partial charge in [0.1, 0.15) is 30.1 Å². The molecule has 0 bridgehead atoms. The highest BCUT2D eigenvalue weighted by molar-refractivity contribution is 5.61. The van der Waals surface area contributed by atoms with Crippen LogP contribution in [0.1, 0.15) is 11.1 Å². The summed E-state index contributed by atoms with van der Waals surface area (Å²) in [7, 11) is 0. The van der Waals surface area contributed by atoms with Crippen molar-refractivity contribution in [1.82, 2.24) is 9.97 Å². The van der Waals surface area contributed by atoms with E-state index < -0.39 is 0 Å². The minimum Gasteiger partial charge on any atom is -0.488 e. The van der Waals surface area contributed by atoms with E-state index in [0.717, 1.165) is 5.56 Å². The second-order valence-electron chi connectivity index (χ2n) is 5.02. The summed E-state index contributed by atoms with van der Waals surface area (Å²) in [5.41, 5.74) is 1.45. The molecule has 0 amide bonds. The second kappa shape index (κ2) is 6.75. The molecular formula is C18H12FN3O2. The van der Waals surface area contributed by atoms with Gasteiger partial charge in [0, 0.05) is 17.8 Å². The molecule has 3 aromatic rings. The Morgan fingerprint density at radius 2 is 1.96 bits per heavy atom. The van der Waals surface area contributed by atoms with Crippen LogP contribution >= 0.6 is 0 Å². The Morgan fingerprint density at radius 1 is 1.17 bits per heavy atom. The summed E-state index contributed by atoms with van der Waals surface area (Å²) in [5, 5.41) is 9.31. The van der Waals surface area contributed by atoms with Gasteiger partial charge in [0.2, 0.25) is 0 Å². The highest BCUT2D eigenvalue weighted by atomic mass is 19.1. The predicted octanol–water partition coefficient (Wildman–Crippen LogP) is 3.03. The topological polar surface area (TPSA) is 78.8 Å². The molecule has 0 atom stereocenters. The average Bonchev–Trinajstić information content (AvgIpc) is 2.61. The number of nitrogens with zero attached hydrogens (tertiary/aromatic N) is 2. The lowest BCUT2D eigenvalue weighted by Crippen LogP contribution is -2.06. The molecule has 0 fully saturated rings. The number of halogens is 1. The SMILES string of the molecule is N#Cc1cc(-c2nccc(=O)[nH]2)ccc1OCc1ccc(F)cc1. The summed E-state index contributed by atoms with van der Waals surface area (Å²) in [6, 6.07) is 14.3. The van der Waals surface area contributed by atoms with Crippen LogP contribution < -0.4 is 10.3 Å². The minimum absolute atomic E-state index is 0.217. The number of aromatic amines is 1. The van der Waals surface area contributed by atoms with E-state index in [2.05, 4.69) is 16.0 Å². The summed E-state index contributed by atoms with van der Waals surface area (Å²) in [6.45, 7) is 0.217. The summed E-state index contributed by atoms with van der Waals surface area (Å²) in [4.78, 5) is 18.0. The molecule has 0 saturated heterocycles. The van der Waals surface area contributed by atoms with Gasteiger partial charge >= 0.3 is 0 Å². The van der Waals surface area contributed by atoms with Crippen LogP contribution in [0.15, 0.2) is 59.5 Å². The molecule has 0 aliphatic heterocycles. The lowest BCUT2D eigenvalue weighted by atomic mass is 10.1. The Balaban J connectivity index is 1.83. The third kappa shape index (κ3) is 3.47. The number of H-pyrrole nitrogens is 1. The number of rotatable bonds is 4. The smallest absolute Gasteiger partial charge is 0.251 e. The van der Waals surface area contributed by atoms with Crippen molar-refractivity contribution in [3.05, 3.63) is 82.0 Å². The largest absolute Gasteiger partial charge is 0.488 e. The first kappa shape index (κ1) is 15.4. The Morgan fingerprint density at radius 3 is 2.67 bits per heavy atom. The zero-order valence-corrected chi connectivity index (χ0v) is 12.5. The molecule has 1 heterocycles. The third-order valence-corrected chi connectivity index (χ3v) is 3.35. The Bertz CT molecular complexity index is 959. The maximum Gasteiger partial charge on any atom is 0.251 e. The Labute approximate surface area is 137 Å². The van der Waals surface area contributed by atoms with E-state index in [0.29, 0.717) is 22.7 Å². The van der Waals surface area contributed by atoms with Gasteiger partial charge in [0.25, 0.3) is 5.56 Å². The number of hydrogen-bond acceptors (Lipinski definition) is 4. The molecule has 1 aromatic heterocycles. The number of hydrogen-bond donors (Lipinski definition) is 1. The Hall–Kier alpha value is -3.46. The molecule has 0 radical (unpaired) electrons. The average molecular weight is 321 g/mol. The molecule has 0 spiro atoms. The van der Waals surface area contributed by atoms with E-state index in [9.17, 15) is 14.4 Å². The monoisotopic (exact) mass is 321 g/mol. The van der Waals surface area contributed by atoms with Gasteiger partial charge in [-0.2, -0.15) is 5.26 Å². The van der Waals surface area contributed by atoms with E-state index in [1.165, 1.54) is 24.4 Å². The first-order chi connectivity index (χ1) is 11.7. The first-order valence-electron chi connectivity index (χ1n) is 7.13. The number of ether oxygens (including phenoxy) is 1. The van der Waals surface area contributed by atoms with Crippen LogP contribution in [0, 0.1) is 17.1 Å². The van der Waals surface area contributed by atoms with Crippen LogP contribution in [0.2, 0.25) is 0 Å². The number of benzene rings is 2. The number of nitrogens with one attached hydrogen (secondary N) is 1. The molecule has 1 N–H and O–H groups in total. The number of aromatic nitrogens is 2. The first-order valence-corrected chi connectivity index (χ1v) is 7.13. The van der Waals surface area contributed by atoms with Crippen LogP contribution in [-0.2, 0) is 6.61 Å². The van der Waals surface area contributed by atoms with Crippen molar-refractivity contribution in [3.8, 4) is 23.2 Å². The fourth-order valence-electron chi connectivity index (χ4n) is 2.15. The third-order valence-electron chi connectivity index (χ3n) is 3.35. The van der Waals surface area contributed by atoms with Crippen molar-refractivity contribution >= 4 is 0 Å². The van der Waals surface area contributed by atoms with Gasteiger partial charge < -0.3 is 9.72 Å². The number of nitriles is 1. The van der Waals surface area contributed by atoms with Gasteiger partial charge in [0.15, 0.2) is 0 Å². The molecule has 0 aliphatic carbocycles. The molecular weight excluding hydrogens is 309 g/mol. The van der Waals surface area contributed by atoms with Crippen molar-refractivity contribution in [3.63, 3.8) is 0 Å². The zero-order valence-electron chi connectivity index (χ0n) is 12.5. The van der Waals surface area contributed by atoms with Crippen molar-refractivity contribution in [2.24, 2.45) is 0 Å². The zero-order chi connectivity index (χ0) is 16.9. The van der Waals surface area contributed by atoms with Gasteiger partial charge in [-0.25, -0.2) is 9.37 Å². The van der Waals surface area contributed by atoms with Crippen LogP contribution in [0.5, 0.6) is 5.75 Å². The molecule has 24 heavy (non-hydrogen) atoms. The summed E-state index contributed by atoms with van der Waals surface area (Å²) in [5.74, 6) is 0.470. The molecule has 0 aliphatic rings. The quantitative estimate of drug-likeness (QED) is 0.801. The van der Waals surface area contributed by atoms with Gasteiger partial charge in [-0.15, -0.1) is 0 Å². The normalized spacial score (nSPS) is 10.2. The standard InChI is InChI=1S/C18H12FN3O2/c19-15-4-1-12(2-5-15)11-24-16-6-3-13(9-14(16)10-20)18-21-8-7-17(23)22-18/h1-9H,11H2,(H,21,22,23). The molecule has 0 saturated carbocycles. The second-order valence-corrected chi connectivity index (χ2v) is 5.02. The lowest BCUT2D eigenvalue weighted by molar-refractivity contribution is 0.305. The minimum atomic E-state index is -0.315. The van der Waals surface area contributed by atoms with Crippen LogP contribution in [-0.4, -0.2) is 9.97 Å². The maximum absolute atomic E-state index is 12.9. The van der Waals surface area contributed by atoms with Crippen molar-refractivity contribution in [1.29, 1.82) is 5.26 Å². The van der Waals surface area contributed by atoms with Crippen LogP contribution in [0.25, 0.3) is 11.4 Å². The van der Waals surface area contributed by atoms with Crippen LogP contribution in [0.4, 0.5) is 4.39 Å². The van der Waals surface area contributed by atoms with Crippen molar-refractivity contribution in [2.75, 3.05) is 0 Å². The van der Waals surface area contributed by atoms with E-state index in [1.54, 1.807) is 30.3 Å². The van der Waals surface area contributed by atoms with Gasteiger partial charge in [-0.1, -0.05) is 12.1 Å². The van der Waals surface area contributed by atoms with E-state index in [-0.39, 0.29) is 18.0 Å². The molecule has 5 nitrogen and oxygen atoms in total. The fraction of sp³-hybridized carbons (Fsp3) is 0.0556. The van der Waals surface area contributed by atoms with Gasteiger partial charge in [0.05, 0.1) is 5.56 Å². The summed E-state index contributed by atoms with van der Waals surface area (Å²) >= 11 is 0. The van der Waals surface area contributed by atoms with Gasteiger partial charge in [-0.05, 0) is 35.9 Å². The fourth-order valence-corrected chi connectivity index (χ4v) is 2.15. The summed E-state index contributed by atoms with van der Waals surface area (Å²) < 4.78 is 18.5. The van der Waals surface area contributed by atoms with Gasteiger partial charge in [-0.3, -0.25) is 4.79 Å².